The molecule has 0 saturated carbocycles. The van der Waals surface area contributed by atoms with Gasteiger partial charge in [0.25, 0.3) is 5.91 Å². The lowest BCUT2D eigenvalue weighted by Gasteiger charge is -2.32. The van der Waals surface area contributed by atoms with Crippen LogP contribution in [-0.2, 0) is 4.79 Å². The zero-order chi connectivity index (χ0) is 25.5. The van der Waals surface area contributed by atoms with Gasteiger partial charge in [-0.25, -0.2) is 4.98 Å². The van der Waals surface area contributed by atoms with E-state index in [0.29, 0.717) is 65.9 Å². The molecule has 2 aromatic carbocycles. The van der Waals surface area contributed by atoms with Crippen molar-refractivity contribution in [2.45, 2.75) is 12.8 Å². The molecule has 0 aliphatic carbocycles. The van der Waals surface area contributed by atoms with Crippen molar-refractivity contribution in [1.29, 1.82) is 0 Å². The maximum absolute atomic E-state index is 12.8. The molecule has 0 bridgehead atoms. The number of hydrogen-bond acceptors (Lipinski definition) is 7. The lowest BCUT2D eigenvalue weighted by Crippen LogP contribution is -2.38. The number of nitrogens with one attached hydrogen (secondary N) is 2. The molecular weight excluding hydrogens is 460 g/mol. The Balaban J connectivity index is 1.34. The number of hydrogen-bond donors (Lipinski definition) is 2. The molecule has 9 heteroatoms. The molecule has 2 heterocycles. The van der Waals surface area contributed by atoms with E-state index < -0.39 is 0 Å². The van der Waals surface area contributed by atoms with Gasteiger partial charge in [0.2, 0.25) is 5.91 Å². The highest BCUT2D eigenvalue weighted by Gasteiger charge is 2.26. The molecule has 0 radical (unpaired) electrons. The first-order valence-electron chi connectivity index (χ1n) is 11.7. The fourth-order valence-electron chi connectivity index (χ4n) is 4.17. The Hall–Kier alpha value is -4.27. The van der Waals surface area contributed by atoms with Gasteiger partial charge in [-0.15, -0.1) is 0 Å². The summed E-state index contributed by atoms with van der Waals surface area (Å²) in [6, 6.07) is 16.0. The third kappa shape index (κ3) is 5.86. The molecule has 3 aromatic rings. The monoisotopic (exact) mass is 490 g/mol. The zero-order valence-electron chi connectivity index (χ0n) is 20.6. The van der Waals surface area contributed by atoms with Crippen LogP contribution in [0.25, 0.3) is 0 Å². The van der Waals surface area contributed by atoms with Crippen LogP contribution in [0.1, 0.15) is 23.2 Å². The SMILES string of the molecule is COc1cccc(NC(=O)c2ccnc(N3CCC(C(=O)Nc4ccc(OC)c(OC)c4)CC3)c2)c1. The number of anilines is 3. The summed E-state index contributed by atoms with van der Waals surface area (Å²) in [6.45, 7) is 1.33. The summed E-state index contributed by atoms with van der Waals surface area (Å²) in [5, 5.41) is 5.87. The fourth-order valence-corrected chi connectivity index (χ4v) is 4.17. The van der Waals surface area contributed by atoms with Gasteiger partial charge in [0.05, 0.1) is 21.3 Å². The van der Waals surface area contributed by atoms with Crippen LogP contribution in [-0.4, -0.2) is 51.2 Å². The Morgan fingerprint density at radius 3 is 2.33 bits per heavy atom. The summed E-state index contributed by atoms with van der Waals surface area (Å²) >= 11 is 0. The summed E-state index contributed by atoms with van der Waals surface area (Å²) in [5.74, 6) is 2.18. The van der Waals surface area contributed by atoms with Crippen LogP contribution >= 0.6 is 0 Å². The number of carbonyl (C=O) groups is 2. The Kier molecular flexibility index (Phi) is 7.89. The van der Waals surface area contributed by atoms with Gasteiger partial charge in [0.1, 0.15) is 11.6 Å². The van der Waals surface area contributed by atoms with Crippen molar-refractivity contribution in [3.8, 4) is 17.2 Å². The highest BCUT2D eigenvalue weighted by molar-refractivity contribution is 6.04. The normalized spacial score (nSPS) is 13.6. The Morgan fingerprint density at radius 2 is 1.61 bits per heavy atom. The number of piperidine rings is 1. The van der Waals surface area contributed by atoms with Crippen LogP contribution in [0.2, 0.25) is 0 Å². The molecule has 188 valence electrons. The second-order valence-corrected chi connectivity index (χ2v) is 8.41. The fraction of sp³-hybridized carbons (Fsp3) is 0.296. The van der Waals surface area contributed by atoms with Gasteiger partial charge in [-0.05, 0) is 49.2 Å². The molecule has 0 unspecified atom stereocenters. The number of aromatic nitrogens is 1. The first kappa shape index (κ1) is 24.8. The Labute approximate surface area is 210 Å². The van der Waals surface area contributed by atoms with E-state index in [1.54, 1.807) is 70.0 Å². The number of benzene rings is 2. The van der Waals surface area contributed by atoms with E-state index in [1.807, 2.05) is 12.1 Å². The second kappa shape index (κ2) is 11.4. The highest BCUT2D eigenvalue weighted by Crippen LogP contribution is 2.31. The van der Waals surface area contributed by atoms with E-state index in [0.717, 1.165) is 0 Å². The minimum Gasteiger partial charge on any atom is -0.497 e. The second-order valence-electron chi connectivity index (χ2n) is 8.41. The van der Waals surface area contributed by atoms with E-state index in [2.05, 4.69) is 20.5 Å². The van der Waals surface area contributed by atoms with Crippen molar-refractivity contribution in [2.75, 3.05) is 50.0 Å². The predicted molar refractivity (Wildman–Crippen MR) is 138 cm³/mol. The van der Waals surface area contributed by atoms with E-state index in [-0.39, 0.29) is 17.7 Å². The van der Waals surface area contributed by atoms with Crippen LogP contribution in [0.5, 0.6) is 17.2 Å². The first-order valence-corrected chi connectivity index (χ1v) is 11.7. The number of pyridine rings is 1. The van der Waals surface area contributed by atoms with E-state index >= 15 is 0 Å². The van der Waals surface area contributed by atoms with Crippen molar-refractivity contribution < 1.29 is 23.8 Å². The van der Waals surface area contributed by atoms with E-state index in [9.17, 15) is 9.59 Å². The summed E-state index contributed by atoms with van der Waals surface area (Å²) in [7, 11) is 4.71. The maximum atomic E-state index is 12.8. The molecule has 1 aliphatic rings. The molecule has 1 aromatic heterocycles. The summed E-state index contributed by atoms with van der Waals surface area (Å²) in [6.07, 6.45) is 2.99. The molecule has 1 fully saturated rings. The molecular formula is C27H30N4O5. The predicted octanol–water partition coefficient (Wildman–Crippen LogP) is 4.21. The Bertz CT molecular complexity index is 1220. The van der Waals surface area contributed by atoms with Crippen LogP contribution in [0.15, 0.2) is 60.8 Å². The van der Waals surface area contributed by atoms with Gasteiger partial charge in [-0.1, -0.05) is 6.07 Å². The van der Waals surface area contributed by atoms with Crippen molar-refractivity contribution in [3.63, 3.8) is 0 Å². The third-order valence-electron chi connectivity index (χ3n) is 6.18. The van der Waals surface area contributed by atoms with E-state index in [1.165, 1.54) is 0 Å². The molecule has 2 N–H and O–H groups in total. The number of methoxy groups -OCH3 is 3. The number of ether oxygens (including phenoxy) is 3. The summed E-state index contributed by atoms with van der Waals surface area (Å²) in [4.78, 5) is 32.2. The van der Waals surface area contributed by atoms with Crippen LogP contribution in [0.4, 0.5) is 17.2 Å². The van der Waals surface area contributed by atoms with Crippen LogP contribution < -0.4 is 29.7 Å². The van der Waals surface area contributed by atoms with Crippen molar-refractivity contribution in [1.82, 2.24) is 4.98 Å². The van der Waals surface area contributed by atoms with Crippen molar-refractivity contribution >= 4 is 29.0 Å². The van der Waals surface area contributed by atoms with Crippen molar-refractivity contribution in [3.05, 3.63) is 66.4 Å². The van der Waals surface area contributed by atoms with Gasteiger partial charge in [-0.3, -0.25) is 9.59 Å². The Morgan fingerprint density at radius 1 is 0.861 bits per heavy atom. The molecule has 4 rings (SSSR count). The quantitative estimate of drug-likeness (QED) is 0.488. The average Bonchev–Trinajstić information content (AvgIpc) is 2.93. The molecule has 1 aliphatic heterocycles. The molecule has 2 amide bonds. The number of amides is 2. The minimum absolute atomic E-state index is 0.0266. The van der Waals surface area contributed by atoms with Gasteiger partial charge in [0.15, 0.2) is 11.5 Å². The third-order valence-corrected chi connectivity index (χ3v) is 6.18. The topological polar surface area (TPSA) is 102 Å². The lowest BCUT2D eigenvalue weighted by molar-refractivity contribution is -0.120. The molecule has 9 nitrogen and oxygen atoms in total. The standard InChI is InChI=1S/C27H30N4O5/c1-34-22-6-4-5-20(16-22)29-27(33)19-9-12-28-25(15-19)31-13-10-18(11-14-31)26(32)30-21-7-8-23(35-2)24(17-21)36-3/h4-9,12,15-18H,10-11,13-14H2,1-3H3,(H,29,33)(H,30,32). The largest absolute Gasteiger partial charge is 0.497 e. The first-order chi connectivity index (χ1) is 17.5. The highest BCUT2D eigenvalue weighted by atomic mass is 16.5. The van der Waals surface area contributed by atoms with Gasteiger partial charge >= 0.3 is 0 Å². The van der Waals surface area contributed by atoms with Gasteiger partial charge < -0.3 is 29.7 Å². The average molecular weight is 491 g/mol. The molecule has 0 atom stereocenters. The number of nitrogens with zero attached hydrogens (tertiary/aromatic N) is 2. The lowest BCUT2D eigenvalue weighted by atomic mass is 9.95. The summed E-state index contributed by atoms with van der Waals surface area (Å²) < 4.78 is 15.8. The van der Waals surface area contributed by atoms with Crippen molar-refractivity contribution in [2.24, 2.45) is 5.92 Å². The summed E-state index contributed by atoms with van der Waals surface area (Å²) in [5.41, 5.74) is 1.83. The van der Waals surface area contributed by atoms with E-state index in [4.69, 9.17) is 14.2 Å². The number of rotatable bonds is 8. The maximum Gasteiger partial charge on any atom is 0.255 e. The molecule has 0 spiro atoms. The number of carbonyl (C=O) groups excluding carboxylic acids is 2. The molecule has 36 heavy (non-hydrogen) atoms. The van der Waals surface area contributed by atoms with Crippen LogP contribution in [0.3, 0.4) is 0 Å². The minimum atomic E-state index is -0.226. The van der Waals surface area contributed by atoms with Gasteiger partial charge in [-0.2, -0.15) is 0 Å². The van der Waals surface area contributed by atoms with Gasteiger partial charge in [0, 0.05) is 54.3 Å². The van der Waals surface area contributed by atoms with Crippen LogP contribution in [0, 0.1) is 5.92 Å². The smallest absolute Gasteiger partial charge is 0.255 e. The molecule has 1 saturated heterocycles. The zero-order valence-corrected chi connectivity index (χ0v) is 20.6.